The number of thiazole rings is 1. The fourth-order valence-corrected chi connectivity index (χ4v) is 4.51. The maximum Gasteiger partial charge on any atom is 0.186 e. The van der Waals surface area contributed by atoms with Crippen molar-refractivity contribution in [2.75, 3.05) is 11.4 Å². The maximum atomic E-state index is 9.44. The average Bonchev–Trinajstić information content (AvgIpc) is 2.81. The highest BCUT2D eigenvalue weighted by molar-refractivity contribution is 7.15. The molecule has 17 heavy (non-hydrogen) atoms. The molecule has 3 fully saturated rings. The van der Waals surface area contributed by atoms with Crippen LogP contribution in [0.4, 0.5) is 5.13 Å². The Balaban J connectivity index is 1.65. The number of nitrogens with zero attached hydrogens (tertiary/aromatic N) is 2. The molecule has 1 aromatic heterocycles. The normalized spacial score (nSPS) is 31.5. The molecular weight excluding hydrogens is 232 g/mol. The molecule has 1 saturated heterocycles. The van der Waals surface area contributed by atoms with E-state index >= 15 is 0 Å². The van der Waals surface area contributed by atoms with Crippen LogP contribution in [0.15, 0.2) is 0 Å². The molecule has 4 rings (SSSR count). The lowest BCUT2D eigenvalue weighted by Crippen LogP contribution is -2.31. The lowest BCUT2D eigenvalue weighted by atomic mass is 10.1. The van der Waals surface area contributed by atoms with Crippen molar-refractivity contribution in [2.45, 2.75) is 50.7 Å². The topological polar surface area (TPSA) is 36.4 Å². The Morgan fingerprint density at radius 3 is 2.76 bits per heavy atom. The van der Waals surface area contributed by atoms with Crippen molar-refractivity contribution in [1.29, 1.82) is 0 Å². The fourth-order valence-electron chi connectivity index (χ4n) is 3.42. The van der Waals surface area contributed by atoms with Crippen LogP contribution in [-0.2, 0) is 6.61 Å². The van der Waals surface area contributed by atoms with Crippen LogP contribution in [0.3, 0.4) is 0 Å². The molecule has 2 saturated carbocycles. The first kappa shape index (κ1) is 10.3. The summed E-state index contributed by atoms with van der Waals surface area (Å²) in [7, 11) is 0. The van der Waals surface area contributed by atoms with Gasteiger partial charge < -0.3 is 10.0 Å². The van der Waals surface area contributed by atoms with Crippen LogP contribution < -0.4 is 4.90 Å². The highest BCUT2D eigenvalue weighted by atomic mass is 32.1. The van der Waals surface area contributed by atoms with Crippen LogP contribution in [0.1, 0.15) is 48.6 Å². The molecule has 0 aromatic carbocycles. The predicted octanol–water partition coefficient (Wildman–Crippen LogP) is 2.50. The second-order valence-corrected chi connectivity index (χ2v) is 6.78. The monoisotopic (exact) mass is 250 g/mol. The van der Waals surface area contributed by atoms with Crippen molar-refractivity contribution in [3.8, 4) is 0 Å². The summed E-state index contributed by atoms with van der Waals surface area (Å²) in [6.07, 6.45) is 6.66. The van der Waals surface area contributed by atoms with E-state index in [0.717, 1.165) is 16.8 Å². The van der Waals surface area contributed by atoms with Crippen LogP contribution in [-0.4, -0.2) is 22.7 Å². The van der Waals surface area contributed by atoms with Gasteiger partial charge in [0.05, 0.1) is 17.2 Å². The highest BCUT2D eigenvalue weighted by Crippen LogP contribution is 2.47. The van der Waals surface area contributed by atoms with Gasteiger partial charge in [-0.2, -0.15) is 0 Å². The first-order valence-corrected chi connectivity index (χ1v) is 7.54. The summed E-state index contributed by atoms with van der Waals surface area (Å²) in [4.78, 5) is 8.45. The zero-order valence-electron chi connectivity index (χ0n) is 9.93. The summed E-state index contributed by atoms with van der Waals surface area (Å²) in [5.41, 5.74) is 1.20. The van der Waals surface area contributed by atoms with Crippen LogP contribution in [0, 0.1) is 5.92 Å². The van der Waals surface area contributed by atoms with Crippen molar-refractivity contribution in [3.63, 3.8) is 0 Å². The number of aliphatic hydroxyl groups excluding tert-OH is 1. The fraction of sp³-hybridized carbons (Fsp3) is 0.769. The van der Waals surface area contributed by atoms with Gasteiger partial charge in [-0.05, 0) is 38.0 Å². The van der Waals surface area contributed by atoms with Gasteiger partial charge in [-0.1, -0.05) is 11.3 Å². The number of hydrogen-bond acceptors (Lipinski definition) is 4. The molecule has 2 aliphatic carbocycles. The molecule has 0 amide bonds. The zero-order valence-corrected chi connectivity index (χ0v) is 10.7. The molecule has 2 unspecified atom stereocenters. The van der Waals surface area contributed by atoms with E-state index in [1.54, 1.807) is 11.3 Å². The Labute approximate surface area is 105 Å². The van der Waals surface area contributed by atoms with E-state index in [1.807, 2.05) is 0 Å². The Morgan fingerprint density at radius 1 is 1.29 bits per heavy atom. The Morgan fingerprint density at radius 2 is 2.18 bits per heavy atom. The van der Waals surface area contributed by atoms with E-state index in [4.69, 9.17) is 4.98 Å². The van der Waals surface area contributed by atoms with Gasteiger partial charge in [-0.3, -0.25) is 0 Å². The average molecular weight is 250 g/mol. The quantitative estimate of drug-likeness (QED) is 0.895. The van der Waals surface area contributed by atoms with Crippen molar-refractivity contribution >= 4 is 16.5 Å². The van der Waals surface area contributed by atoms with Crippen molar-refractivity contribution in [3.05, 3.63) is 10.6 Å². The molecule has 4 heteroatoms. The number of aromatic nitrogens is 1. The minimum atomic E-state index is 0.172. The molecule has 92 valence electrons. The van der Waals surface area contributed by atoms with Crippen molar-refractivity contribution in [1.82, 2.24) is 4.98 Å². The molecule has 1 aliphatic heterocycles. The predicted molar refractivity (Wildman–Crippen MR) is 68.5 cm³/mol. The van der Waals surface area contributed by atoms with Gasteiger partial charge in [0.25, 0.3) is 0 Å². The molecule has 2 atom stereocenters. The maximum absolute atomic E-state index is 9.44. The summed E-state index contributed by atoms with van der Waals surface area (Å²) >= 11 is 1.73. The second-order valence-electron chi connectivity index (χ2n) is 5.72. The molecule has 1 aromatic rings. The standard InChI is InChI=1S/C13H18N2OS/c16-7-11-12(9-2-3-9)14-13(17-11)15-6-8-1-4-10(15)5-8/h8-10,16H,1-7H2. The number of fused-ring (bicyclic) bond motifs is 2. The lowest BCUT2D eigenvalue weighted by molar-refractivity contribution is 0.284. The third kappa shape index (κ3) is 1.61. The van der Waals surface area contributed by atoms with Crippen LogP contribution in [0.25, 0.3) is 0 Å². The third-order valence-electron chi connectivity index (χ3n) is 4.48. The summed E-state index contributed by atoms with van der Waals surface area (Å²) in [6, 6.07) is 0.741. The highest BCUT2D eigenvalue weighted by Gasteiger charge is 2.40. The Hall–Kier alpha value is -0.610. The van der Waals surface area contributed by atoms with Gasteiger partial charge >= 0.3 is 0 Å². The van der Waals surface area contributed by atoms with E-state index in [0.29, 0.717) is 5.92 Å². The summed E-state index contributed by atoms with van der Waals surface area (Å²) < 4.78 is 0. The van der Waals surface area contributed by atoms with E-state index < -0.39 is 0 Å². The van der Waals surface area contributed by atoms with E-state index in [-0.39, 0.29) is 6.61 Å². The van der Waals surface area contributed by atoms with Crippen LogP contribution in [0.2, 0.25) is 0 Å². The third-order valence-corrected chi connectivity index (χ3v) is 5.57. The molecular formula is C13H18N2OS. The minimum Gasteiger partial charge on any atom is -0.391 e. The van der Waals surface area contributed by atoms with Gasteiger partial charge in [0.2, 0.25) is 0 Å². The van der Waals surface area contributed by atoms with Gasteiger partial charge in [0, 0.05) is 18.5 Å². The first-order chi connectivity index (χ1) is 8.35. The molecule has 3 nitrogen and oxygen atoms in total. The molecule has 3 aliphatic rings. The van der Waals surface area contributed by atoms with Crippen LogP contribution >= 0.6 is 11.3 Å². The summed E-state index contributed by atoms with van der Waals surface area (Å²) in [5, 5.41) is 10.6. The van der Waals surface area contributed by atoms with Gasteiger partial charge in [0.15, 0.2) is 5.13 Å². The minimum absolute atomic E-state index is 0.172. The number of piperidine rings is 1. The van der Waals surface area contributed by atoms with Crippen molar-refractivity contribution < 1.29 is 5.11 Å². The molecule has 2 bridgehead atoms. The molecule has 0 radical (unpaired) electrons. The number of aliphatic hydroxyl groups is 1. The van der Waals surface area contributed by atoms with Gasteiger partial charge in [-0.15, -0.1) is 0 Å². The smallest absolute Gasteiger partial charge is 0.186 e. The molecule has 2 heterocycles. The SMILES string of the molecule is OCc1sc(N2CC3CCC2C3)nc1C1CC1. The number of hydrogen-bond donors (Lipinski definition) is 1. The first-order valence-electron chi connectivity index (χ1n) is 6.72. The molecule has 0 spiro atoms. The van der Waals surface area contributed by atoms with E-state index in [9.17, 15) is 5.11 Å². The number of rotatable bonds is 3. The largest absolute Gasteiger partial charge is 0.391 e. The van der Waals surface area contributed by atoms with Crippen LogP contribution in [0.5, 0.6) is 0 Å². The van der Waals surface area contributed by atoms with Crippen molar-refractivity contribution in [2.24, 2.45) is 5.92 Å². The second kappa shape index (κ2) is 3.69. The Kier molecular flexibility index (Phi) is 2.24. The summed E-state index contributed by atoms with van der Waals surface area (Å²) in [6.45, 7) is 1.37. The van der Waals surface area contributed by atoms with Gasteiger partial charge in [0.1, 0.15) is 0 Å². The lowest BCUT2D eigenvalue weighted by Gasteiger charge is -2.26. The van der Waals surface area contributed by atoms with E-state index in [1.165, 1.54) is 49.5 Å². The molecule has 1 N–H and O–H groups in total. The number of anilines is 1. The Bertz CT molecular complexity index is 441. The van der Waals surface area contributed by atoms with Gasteiger partial charge in [-0.25, -0.2) is 4.98 Å². The zero-order chi connectivity index (χ0) is 11.4. The summed E-state index contributed by atoms with van der Waals surface area (Å²) in [5.74, 6) is 1.56. The van der Waals surface area contributed by atoms with E-state index in [2.05, 4.69) is 4.90 Å².